The molecule has 1 aromatic carbocycles. The van der Waals surface area contributed by atoms with Crippen molar-refractivity contribution in [3.05, 3.63) is 35.6 Å². The molecule has 0 aliphatic heterocycles. The van der Waals surface area contributed by atoms with Gasteiger partial charge in [-0.05, 0) is 25.0 Å². The Balaban J connectivity index is 2.56. The zero-order chi connectivity index (χ0) is 10.6. The first-order chi connectivity index (χ1) is 6.59. The van der Waals surface area contributed by atoms with E-state index in [0.717, 1.165) is 5.56 Å². The lowest BCUT2D eigenvalue weighted by Crippen LogP contribution is -2.39. The predicted octanol–water partition coefficient (Wildman–Crippen LogP) is 1.82. The monoisotopic (exact) mass is 196 g/mol. The molecule has 1 N–H and O–H groups in total. The van der Waals surface area contributed by atoms with E-state index in [-0.39, 0.29) is 11.9 Å². The van der Waals surface area contributed by atoms with Gasteiger partial charge in [0, 0.05) is 20.1 Å². The van der Waals surface area contributed by atoms with E-state index >= 15 is 0 Å². The predicted molar refractivity (Wildman–Crippen MR) is 56.4 cm³/mol. The number of nitrogens with zero attached hydrogens (tertiary/aromatic N) is 1. The van der Waals surface area contributed by atoms with Crippen LogP contribution in [0.25, 0.3) is 0 Å². The Kier molecular flexibility index (Phi) is 4.04. The second-order valence-electron chi connectivity index (χ2n) is 3.72. The Bertz CT molecular complexity index is 286. The molecular formula is C11H17FN2. The SMILES string of the molecule is CC(Cc1ccccc1F)NN(C)C. The van der Waals surface area contributed by atoms with E-state index in [9.17, 15) is 4.39 Å². The van der Waals surface area contributed by atoms with Crippen LogP contribution in [-0.2, 0) is 6.42 Å². The number of benzene rings is 1. The summed E-state index contributed by atoms with van der Waals surface area (Å²) in [5, 5.41) is 1.88. The van der Waals surface area contributed by atoms with Crippen molar-refractivity contribution in [2.75, 3.05) is 14.1 Å². The van der Waals surface area contributed by atoms with Crippen molar-refractivity contribution in [2.24, 2.45) is 0 Å². The van der Waals surface area contributed by atoms with Gasteiger partial charge in [-0.15, -0.1) is 0 Å². The minimum absolute atomic E-state index is 0.125. The summed E-state index contributed by atoms with van der Waals surface area (Å²) in [5.41, 5.74) is 3.94. The van der Waals surface area contributed by atoms with Crippen molar-refractivity contribution in [2.45, 2.75) is 19.4 Å². The fraction of sp³-hybridized carbons (Fsp3) is 0.455. The molecule has 1 rings (SSSR count). The molecule has 0 bridgehead atoms. The third-order valence-corrected chi connectivity index (χ3v) is 1.96. The highest BCUT2D eigenvalue weighted by Gasteiger charge is 2.06. The van der Waals surface area contributed by atoms with Crippen LogP contribution in [0, 0.1) is 5.82 Å². The Morgan fingerprint density at radius 3 is 2.57 bits per heavy atom. The van der Waals surface area contributed by atoms with E-state index < -0.39 is 0 Å². The third-order valence-electron chi connectivity index (χ3n) is 1.96. The number of halogens is 1. The molecule has 0 aliphatic carbocycles. The normalized spacial score (nSPS) is 13.2. The first-order valence-electron chi connectivity index (χ1n) is 4.76. The molecular weight excluding hydrogens is 179 g/mol. The van der Waals surface area contributed by atoms with Gasteiger partial charge in [-0.2, -0.15) is 0 Å². The van der Waals surface area contributed by atoms with Crippen molar-refractivity contribution in [1.29, 1.82) is 0 Å². The molecule has 0 saturated carbocycles. The van der Waals surface area contributed by atoms with E-state index in [1.807, 2.05) is 38.2 Å². The van der Waals surface area contributed by atoms with Gasteiger partial charge in [0.2, 0.25) is 0 Å². The number of nitrogens with one attached hydrogen (secondary N) is 1. The second-order valence-corrected chi connectivity index (χ2v) is 3.72. The van der Waals surface area contributed by atoms with Gasteiger partial charge in [-0.25, -0.2) is 4.39 Å². The maximum atomic E-state index is 13.2. The Morgan fingerprint density at radius 2 is 2.00 bits per heavy atom. The van der Waals surface area contributed by atoms with Crippen molar-refractivity contribution in [1.82, 2.24) is 10.4 Å². The van der Waals surface area contributed by atoms with Gasteiger partial charge in [0.1, 0.15) is 5.82 Å². The van der Waals surface area contributed by atoms with Gasteiger partial charge in [-0.3, -0.25) is 10.4 Å². The van der Waals surface area contributed by atoms with Crippen LogP contribution in [0.5, 0.6) is 0 Å². The first-order valence-corrected chi connectivity index (χ1v) is 4.76. The van der Waals surface area contributed by atoms with Crippen LogP contribution in [0.4, 0.5) is 4.39 Å². The molecule has 0 heterocycles. The van der Waals surface area contributed by atoms with Crippen molar-refractivity contribution in [3.63, 3.8) is 0 Å². The zero-order valence-corrected chi connectivity index (χ0v) is 8.92. The number of hydrazine groups is 1. The van der Waals surface area contributed by atoms with Crippen LogP contribution >= 0.6 is 0 Å². The van der Waals surface area contributed by atoms with Crippen molar-refractivity contribution in [3.8, 4) is 0 Å². The Morgan fingerprint density at radius 1 is 1.36 bits per heavy atom. The minimum atomic E-state index is -0.125. The maximum absolute atomic E-state index is 13.2. The summed E-state index contributed by atoms with van der Waals surface area (Å²) in [5.74, 6) is -0.125. The van der Waals surface area contributed by atoms with Gasteiger partial charge >= 0.3 is 0 Å². The largest absolute Gasteiger partial charge is 0.253 e. The van der Waals surface area contributed by atoms with Crippen LogP contribution in [0.2, 0.25) is 0 Å². The Labute approximate surface area is 84.7 Å². The molecule has 0 radical (unpaired) electrons. The molecule has 0 spiro atoms. The van der Waals surface area contributed by atoms with E-state index in [1.165, 1.54) is 6.07 Å². The standard InChI is InChI=1S/C11H17FN2/c1-9(13-14(2)3)8-10-6-4-5-7-11(10)12/h4-7,9,13H,8H2,1-3H3. The molecule has 1 aromatic rings. The van der Waals surface area contributed by atoms with Crippen LogP contribution < -0.4 is 5.43 Å². The molecule has 0 aliphatic rings. The van der Waals surface area contributed by atoms with E-state index in [2.05, 4.69) is 5.43 Å². The Hall–Kier alpha value is -0.930. The fourth-order valence-corrected chi connectivity index (χ4v) is 1.48. The third kappa shape index (κ3) is 3.44. The summed E-state index contributed by atoms with van der Waals surface area (Å²) in [7, 11) is 3.86. The van der Waals surface area contributed by atoms with Crippen molar-refractivity contribution < 1.29 is 4.39 Å². The zero-order valence-electron chi connectivity index (χ0n) is 8.92. The quantitative estimate of drug-likeness (QED) is 0.739. The molecule has 0 saturated heterocycles. The van der Waals surface area contributed by atoms with E-state index in [4.69, 9.17) is 0 Å². The summed E-state index contributed by atoms with van der Waals surface area (Å²) in [6.45, 7) is 2.03. The van der Waals surface area contributed by atoms with Crippen LogP contribution in [0.15, 0.2) is 24.3 Å². The molecule has 0 fully saturated rings. The number of hydrogen-bond donors (Lipinski definition) is 1. The first kappa shape index (κ1) is 11.1. The van der Waals surface area contributed by atoms with E-state index in [0.29, 0.717) is 6.42 Å². The van der Waals surface area contributed by atoms with Crippen LogP contribution in [0.3, 0.4) is 0 Å². The van der Waals surface area contributed by atoms with Gasteiger partial charge in [0.25, 0.3) is 0 Å². The smallest absolute Gasteiger partial charge is 0.126 e. The summed E-state index contributed by atoms with van der Waals surface area (Å²) < 4.78 is 13.2. The molecule has 78 valence electrons. The van der Waals surface area contributed by atoms with E-state index in [1.54, 1.807) is 6.07 Å². The van der Waals surface area contributed by atoms with Gasteiger partial charge in [0.15, 0.2) is 0 Å². The molecule has 1 atom stereocenters. The lowest BCUT2D eigenvalue weighted by Gasteiger charge is -2.19. The summed E-state index contributed by atoms with van der Waals surface area (Å²) in [6, 6.07) is 7.13. The molecule has 3 heteroatoms. The minimum Gasteiger partial charge on any atom is -0.253 e. The van der Waals surface area contributed by atoms with Crippen LogP contribution in [-0.4, -0.2) is 25.1 Å². The van der Waals surface area contributed by atoms with Crippen molar-refractivity contribution >= 4 is 0 Å². The molecule has 14 heavy (non-hydrogen) atoms. The number of hydrogen-bond acceptors (Lipinski definition) is 2. The lowest BCUT2D eigenvalue weighted by atomic mass is 10.1. The topological polar surface area (TPSA) is 15.3 Å². The average molecular weight is 196 g/mol. The molecule has 2 nitrogen and oxygen atoms in total. The summed E-state index contributed by atoms with van der Waals surface area (Å²) >= 11 is 0. The molecule has 1 unspecified atom stereocenters. The van der Waals surface area contributed by atoms with Crippen LogP contribution in [0.1, 0.15) is 12.5 Å². The summed E-state index contributed by atoms with van der Waals surface area (Å²) in [4.78, 5) is 0. The second kappa shape index (κ2) is 5.08. The molecule has 0 aromatic heterocycles. The fourth-order valence-electron chi connectivity index (χ4n) is 1.48. The highest BCUT2D eigenvalue weighted by atomic mass is 19.1. The summed E-state index contributed by atoms with van der Waals surface area (Å²) in [6.07, 6.45) is 0.699. The lowest BCUT2D eigenvalue weighted by molar-refractivity contribution is 0.248. The molecule has 0 amide bonds. The van der Waals surface area contributed by atoms with Gasteiger partial charge < -0.3 is 0 Å². The highest BCUT2D eigenvalue weighted by Crippen LogP contribution is 2.08. The number of rotatable bonds is 4. The maximum Gasteiger partial charge on any atom is 0.126 e. The van der Waals surface area contributed by atoms with Gasteiger partial charge in [-0.1, -0.05) is 18.2 Å². The average Bonchev–Trinajstić information content (AvgIpc) is 2.07. The van der Waals surface area contributed by atoms with Gasteiger partial charge in [0.05, 0.1) is 0 Å². The highest BCUT2D eigenvalue weighted by molar-refractivity contribution is 5.18.